The van der Waals surface area contributed by atoms with E-state index in [1.165, 1.54) is 25.7 Å². The summed E-state index contributed by atoms with van der Waals surface area (Å²) in [5, 5.41) is 11.7. The maximum atomic E-state index is 5.97. The average molecular weight is 266 g/mol. The molecular weight excluding hydrogens is 240 g/mol. The number of rotatable bonds is 5. The zero-order valence-corrected chi connectivity index (χ0v) is 12.4. The summed E-state index contributed by atoms with van der Waals surface area (Å²) in [6.07, 6.45) is 10.3. The van der Waals surface area contributed by atoms with E-state index < -0.39 is 0 Å². The Morgan fingerprint density at radius 3 is 2.53 bits per heavy atom. The van der Waals surface area contributed by atoms with Gasteiger partial charge in [-0.15, -0.1) is 5.10 Å². The fourth-order valence-electron chi connectivity index (χ4n) is 3.27. The van der Waals surface area contributed by atoms with Gasteiger partial charge in [0.1, 0.15) is 0 Å². The number of nitrogens with zero attached hydrogens (tertiary/aromatic N) is 3. The molecule has 1 fully saturated rings. The van der Waals surface area contributed by atoms with Crippen molar-refractivity contribution in [2.75, 3.05) is 14.2 Å². The van der Waals surface area contributed by atoms with Crippen LogP contribution in [0.3, 0.4) is 0 Å². The first kappa shape index (κ1) is 14.5. The zero-order valence-electron chi connectivity index (χ0n) is 12.4. The van der Waals surface area contributed by atoms with Gasteiger partial charge < -0.3 is 10.1 Å². The van der Waals surface area contributed by atoms with Gasteiger partial charge in [0.05, 0.1) is 11.3 Å². The standard InChI is InChI=1S/C14H26N4O/c1-15-13(10-12-11-18(2)17-16-12)14(19-3)8-6-4-5-7-9-14/h11,13,15H,4-10H2,1-3H3. The van der Waals surface area contributed by atoms with Crippen molar-refractivity contribution >= 4 is 0 Å². The van der Waals surface area contributed by atoms with Crippen molar-refractivity contribution in [1.29, 1.82) is 0 Å². The van der Waals surface area contributed by atoms with Crippen LogP contribution in [0.2, 0.25) is 0 Å². The van der Waals surface area contributed by atoms with E-state index in [2.05, 4.69) is 15.6 Å². The summed E-state index contributed by atoms with van der Waals surface area (Å²) >= 11 is 0. The van der Waals surface area contributed by atoms with Crippen molar-refractivity contribution in [1.82, 2.24) is 20.3 Å². The van der Waals surface area contributed by atoms with E-state index in [1.807, 2.05) is 27.4 Å². The van der Waals surface area contributed by atoms with Gasteiger partial charge in [0, 0.05) is 32.8 Å². The Kier molecular flexibility index (Phi) is 4.93. The minimum Gasteiger partial charge on any atom is -0.377 e. The molecule has 1 aliphatic rings. The van der Waals surface area contributed by atoms with Crippen LogP contribution in [0, 0.1) is 0 Å². The largest absolute Gasteiger partial charge is 0.377 e. The molecule has 1 atom stereocenters. The van der Waals surface area contributed by atoms with Crippen LogP contribution in [0.25, 0.3) is 0 Å². The first-order valence-electron chi connectivity index (χ1n) is 7.28. The van der Waals surface area contributed by atoms with E-state index >= 15 is 0 Å². The lowest BCUT2D eigenvalue weighted by atomic mass is 9.83. The molecule has 0 radical (unpaired) electrons. The molecular formula is C14H26N4O. The smallest absolute Gasteiger partial charge is 0.0843 e. The van der Waals surface area contributed by atoms with Gasteiger partial charge in [-0.3, -0.25) is 4.68 Å². The summed E-state index contributed by atoms with van der Waals surface area (Å²) in [6, 6.07) is 0.298. The molecule has 108 valence electrons. The number of likely N-dealkylation sites (N-methyl/N-ethyl adjacent to an activating group) is 1. The highest BCUT2D eigenvalue weighted by atomic mass is 16.5. The highest BCUT2D eigenvalue weighted by Crippen LogP contribution is 2.34. The number of hydrogen-bond donors (Lipinski definition) is 1. The summed E-state index contributed by atoms with van der Waals surface area (Å²) in [4.78, 5) is 0. The summed E-state index contributed by atoms with van der Waals surface area (Å²) in [6.45, 7) is 0. The molecule has 5 nitrogen and oxygen atoms in total. The van der Waals surface area contributed by atoms with Gasteiger partial charge in [-0.2, -0.15) is 0 Å². The van der Waals surface area contributed by atoms with Crippen LogP contribution >= 0.6 is 0 Å². The fraction of sp³-hybridized carbons (Fsp3) is 0.857. The lowest BCUT2D eigenvalue weighted by Gasteiger charge is -2.39. The predicted molar refractivity (Wildman–Crippen MR) is 75.0 cm³/mol. The zero-order chi connectivity index (χ0) is 13.7. The van der Waals surface area contributed by atoms with Crippen LogP contribution in [-0.2, 0) is 18.2 Å². The lowest BCUT2D eigenvalue weighted by molar-refractivity contribution is -0.0511. The number of aryl methyl sites for hydroxylation is 1. The van der Waals surface area contributed by atoms with Gasteiger partial charge >= 0.3 is 0 Å². The van der Waals surface area contributed by atoms with Gasteiger partial charge in [0.2, 0.25) is 0 Å². The predicted octanol–water partition coefficient (Wildman–Crippen LogP) is 1.68. The molecule has 0 aromatic carbocycles. The van der Waals surface area contributed by atoms with Gasteiger partial charge in [-0.25, -0.2) is 0 Å². The van der Waals surface area contributed by atoms with E-state index in [0.717, 1.165) is 25.0 Å². The van der Waals surface area contributed by atoms with Crippen LogP contribution in [-0.4, -0.2) is 40.8 Å². The number of methoxy groups -OCH3 is 1. The van der Waals surface area contributed by atoms with Crippen LogP contribution < -0.4 is 5.32 Å². The molecule has 0 bridgehead atoms. The Bertz CT molecular complexity index is 383. The van der Waals surface area contributed by atoms with E-state index in [1.54, 1.807) is 4.68 Å². The van der Waals surface area contributed by atoms with Crippen molar-refractivity contribution in [3.05, 3.63) is 11.9 Å². The molecule has 5 heteroatoms. The van der Waals surface area contributed by atoms with E-state index in [4.69, 9.17) is 4.74 Å². The first-order valence-corrected chi connectivity index (χ1v) is 7.28. The molecule has 1 aromatic rings. The highest BCUT2D eigenvalue weighted by molar-refractivity contribution is 5.03. The van der Waals surface area contributed by atoms with Gasteiger partial charge in [0.15, 0.2) is 0 Å². The maximum absolute atomic E-state index is 5.97. The third-order valence-electron chi connectivity index (χ3n) is 4.40. The minimum absolute atomic E-state index is 0.0528. The van der Waals surface area contributed by atoms with Gasteiger partial charge in [0.25, 0.3) is 0 Å². The summed E-state index contributed by atoms with van der Waals surface area (Å²) in [5.74, 6) is 0. The number of ether oxygens (including phenoxy) is 1. The second-order valence-electron chi connectivity index (χ2n) is 5.61. The van der Waals surface area contributed by atoms with Crippen LogP contribution in [0.1, 0.15) is 44.2 Å². The van der Waals surface area contributed by atoms with Crippen LogP contribution in [0.4, 0.5) is 0 Å². The van der Waals surface area contributed by atoms with Gasteiger partial charge in [-0.1, -0.05) is 30.9 Å². The number of nitrogens with one attached hydrogen (secondary N) is 1. The summed E-state index contributed by atoms with van der Waals surface area (Å²) < 4.78 is 7.73. The Labute approximate surface area is 115 Å². The van der Waals surface area contributed by atoms with E-state index in [9.17, 15) is 0 Å². The van der Waals surface area contributed by atoms with Gasteiger partial charge in [-0.05, 0) is 19.9 Å². The third kappa shape index (κ3) is 3.34. The third-order valence-corrected chi connectivity index (χ3v) is 4.40. The van der Waals surface area contributed by atoms with E-state index in [-0.39, 0.29) is 5.60 Å². The second kappa shape index (κ2) is 6.48. The molecule has 1 unspecified atom stereocenters. The Balaban J connectivity index is 2.12. The minimum atomic E-state index is -0.0528. The fourth-order valence-corrected chi connectivity index (χ4v) is 3.27. The first-order chi connectivity index (χ1) is 9.20. The average Bonchev–Trinajstić information content (AvgIpc) is 2.69. The molecule has 1 aromatic heterocycles. The normalized spacial score (nSPS) is 21.0. The monoisotopic (exact) mass is 266 g/mol. The topological polar surface area (TPSA) is 52.0 Å². The number of hydrogen-bond acceptors (Lipinski definition) is 4. The molecule has 1 heterocycles. The van der Waals surface area contributed by atoms with Crippen molar-refractivity contribution < 1.29 is 4.74 Å². The molecule has 0 amide bonds. The molecule has 0 saturated heterocycles. The van der Waals surface area contributed by atoms with Crippen LogP contribution in [0.5, 0.6) is 0 Å². The van der Waals surface area contributed by atoms with Crippen LogP contribution in [0.15, 0.2) is 6.20 Å². The Morgan fingerprint density at radius 1 is 1.37 bits per heavy atom. The molecule has 0 aliphatic heterocycles. The molecule has 19 heavy (non-hydrogen) atoms. The van der Waals surface area contributed by atoms with Crippen molar-refractivity contribution in [3.63, 3.8) is 0 Å². The number of aromatic nitrogens is 3. The van der Waals surface area contributed by atoms with Crippen molar-refractivity contribution in [2.24, 2.45) is 7.05 Å². The second-order valence-corrected chi connectivity index (χ2v) is 5.61. The Morgan fingerprint density at radius 2 is 2.05 bits per heavy atom. The quantitative estimate of drug-likeness (QED) is 0.824. The molecule has 1 saturated carbocycles. The maximum Gasteiger partial charge on any atom is 0.0843 e. The molecule has 1 aliphatic carbocycles. The summed E-state index contributed by atoms with van der Waals surface area (Å²) in [5.41, 5.74) is 0.977. The SMILES string of the molecule is CNC(Cc1cn(C)nn1)C1(OC)CCCCCC1. The highest BCUT2D eigenvalue weighted by Gasteiger charge is 2.38. The van der Waals surface area contributed by atoms with Crippen molar-refractivity contribution in [3.8, 4) is 0 Å². The molecule has 1 N–H and O–H groups in total. The van der Waals surface area contributed by atoms with E-state index in [0.29, 0.717) is 6.04 Å². The summed E-state index contributed by atoms with van der Waals surface area (Å²) in [7, 11) is 5.78. The molecule has 2 rings (SSSR count). The van der Waals surface area contributed by atoms with Crippen molar-refractivity contribution in [2.45, 2.75) is 56.6 Å². The Hall–Kier alpha value is -0.940. The molecule has 0 spiro atoms. The lowest BCUT2D eigenvalue weighted by Crippen LogP contribution is -2.52.